The average Bonchev–Trinajstić information content (AvgIpc) is 3.72. The molecule has 1 aromatic heterocycles. The number of rotatable bonds is 14. The number of ether oxygens (including phenoxy) is 1. The van der Waals surface area contributed by atoms with Crippen LogP contribution in [-0.2, 0) is 49.8 Å². The van der Waals surface area contributed by atoms with Gasteiger partial charge < -0.3 is 42.0 Å². The molecule has 5 atom stereocenters. The summed E-state index contributed by atoms with van der Waals surface area (Å²) in [4.78, 5) is 75.7. The molecule has 0 bridgehead atoms. The summed E-state index contributed by atoms with van der Waals surface area (Å²) in [6.07, 6.45) is 3.30. The first kappa shape index (κ1) is 43.8. The maximum Gasteiger partial charge on any atom is 0.247 e. The third kappa shape index (κ3) is 12.0. The topological polar surface area (TPSA) is 197 Å². The summed E-state index contributed by atoms with van der Waals surface area (Å²) >= 11 is 0. The minimum absolute atomic E-state index is 0.0511. The molecular weight excluding hydrogens is 795 g/mol. The maximum atomic E-state index is 14.5. The van der Waals surface area contributed by atoms with Crippen molar-refractivity contribution in [2.75, 3.05) is 6.54 Å². The Morgan fingerprint density at radius 2 is 0.984 bits per heavy atom. The predicted molar refractivity (Wildman–Crippen MR) is 241 cm³/mol. The Bertz CT molecular complexity index is 2460. The van der Waals surface area contributed by atoms with Gasteiger partial charge in [0.05, 0.1) is 0 Å². The van der Waals surface area contributed by atoms with Crippen molar-refractivity contribution in [2.45, 2.75) is 75.3 Å². The standard InChI is InChI=1S/C50H53N7O6/c51-27-13-12-22-41-46(58)54-42(29-34-23-25-38(26-24-34)63-32-35-16-6-2-7-17-35)47(59)55-43(28-33-14-4-1-5-15-33)49(61)57-45(36-18-8-3-9-19-36)50(62)56-44(48(60)53-41)30-37-31-52-40-21-11-10-20-39(37)40/h1-11,14-21,23-26,31,41-45,52H,12-13,22,27-30,32,51H2,(H,53,60)(H,54,58)(H,55,59)(H,56,62)(H,57,61)/t41-,42-,43-,44+,45-/m0/s1. The highest BCUT2D eigenvalue weighted by Crippen LogP contribution is 2.22. The zero-order chi connectivity index (χ0) is 44.0. The first-order valence-electron chi connectivity index (χ1n) is 21.4. The van der Waals surface area contributed by atoms with Gasteiger partial charge in [-0.05, 0) is 71.8 Å². The van der Waals surface area contributed by atoms with Crippen LogP contribution in [0.2, 0.25) is 0 Å². The van der Waals surface area contributed by atoms with Gasteiger partial charge in [-0.1, -0.05) is 121 Å². The molecule has 8 N–H and O–H groups in total. The monoisotopic (exact) mass is 847 g/mol. The van der Waals surface area contributed by atoms with E-state index in [1.54, 1.807) is 48.7 Å². The van der Waals surface area contributed by atoms with Crippen molar-refractivity contribution in [1.29, 1.82) is 0 Å². The number of nitrogens with two attached hydrogens (primary N) is 1. The molecule has 0 unspecified atom stereocenters. The van der Waals surface area contributed by atoms with Crippen LogP contribution in [0.5, 0.6) is 5.75 Å². The molecule has 1 aliphatic rings. The molecule has 13 nitrogen and oxygen atoms in total. The first-order valence-corrected chi connectivity index (χ1v) is 21.4. The van der Waals surface area contributed by atoms with Crippen LogP contribution in [0.3, 0.4) is 0 Å². The Morgan fingerprint density at radius 1 is 0.476 bits per heavy atom. The second-order valence-electron chi connectivity index (χ2n) is 15.8. The van der Waals surface area contributed by atoms with Gasteiger partial charge in [0, 0.05) is 36.4 Å². The Morgan fingerprint density at radius 3 is 1.63 bits per heavy atom. The number of carbonyl (C=O) groups is 5. The van der Waals surface area contributed by atoms with E-state index in [-0.39, 0.29) is 25.7 Å². The molecule has 324 valence electrons. The lowest BCUT2D eigenvalue weighted by atomic mass is 10.0. The van der Waals surface area contributed by atoms with Crippen LogP contribution >= 0.6 is 0 Å². The van der Waals surface area contributed by atoms with E-state index in [4.69, 9.17) is 10.5 Å². The molecule has 1 aliphatic heterocycles. The molecule has 1 saturated heterocycles. The minimum Gasteiger partial charge on any atom is -0.489 e. The third-order valence-corrected chi connectivity index (χ3v) is 11.2. The SMILES string of the molecule is NCCCC[C@@H]1NC(=O)[C@@H](Cc2c[nH]c3ccccc23)NC(=O)[C@H](c2ccccc2)NC(=O)[C@H](Cc2ccccc2)NC(=O)[C@H](Cc2ccc(OCc3ccccc3)cc2)NC1=O. The number of amides is 5. The van der Waals surface area contributed by atoms with Crippen molar-refractivity contribution in [3.05, 3.63) is 174 Å². The number of nitrogens with one attached hydrogen (secondary N) is 6. The molecule has 0 spiro atoms. The number of H-pyrrole nitrogens is 1. The van der Waals surface area contributed by atoms with Gasteiger partial charge in [0.2, 0.25) is 29.5 Å². The second-order valence-corrected chi connectivity index (χ2v) is 15.8. The highest BCUT2D eigenvalue weighted by Gasteiger charge is 2.35. The molecule has 13 heteroatoms. The van der Waals surface area contributed by atoms with E-state index in [0.29, 0.717) is 42.9 Å². The van der Waals surface area contributed by atoms with Gasteiger partial charge in [-0.25, -0.2) is 0 Å². The fourth-order valence-electron chi connectivity index (χ4n) is 7.72. The van der Waals surface area contributed by atoms with Crippen molar-refractivity contribution < 1.29 is 28.7 Å². The van der Waals surface area contributed by atoms with Gasteiger partial charge >= 0.3 is 0 Å². The molecule has 0 saturated carbocycles. The lowest BCUT2D eigenvalue weighted by molar-refractivity contribution is -0.134. The first-order chi connectivity index (χ1) is 30.7. The normalized spacial score (nSPS) is 20.0. The summed E-state index contributed by atoms with van der Waals surface area (Å²) in [7, 11) is 0. The molecule has 5 amide bonds. The molecule has 0 aliphatic carbocycles. The molecule has 63 heavy (non-hydrogen) atoms. The summed E-state index contributed by atoms with van der Waals surface area (Å²) < 4.78 is 5.99. The second kappa shape index (κ2) is 21.5. The van der Waals surface area contributed by atoms with Gasteiger partial charge in [-0.15, -0.1) is 0 Å². The van der Waals surface area contributed by atoms with E-state index in [1.807, 2.05) is 97.1 Å². The molecule has 5 aromatic carbocycles. The Balaban J connectivity index is 1.24. The quantitative estimate of drug-likeness (QED) is 0.0771. The van der Waals surface area contributed by atoms with Crippen molar-refractivity contribution in [1.82, 2.24) is 31.6 Å². The van der Waals surface area contributed by atoms with E-state index in [9.17, 15) is 24.0 Å². The van der Waals surface area contributed by atoms with Gasteiger partial charge in [0.1, 0.15) is 42.6 Å². The van der Waals surface area contributed by atoms with E-state index in [1.165, 1.54) is 0 Å². The number of unbranched alkanes of at least 4 members (excludes halogenated alkanes) is 1. The van der Waals surface area contributed by atoms with Crippen LogP contribution in [0.25, 0.3) is 10.9 Å². The molecular formula is C50H53N7O6. The summed E-state index contributed by atoms with van der Waals surface area (Å²) in [6.45, 7) is 0.751. The Labute approximate surface area is 366 Å². The number of carbonyl (C=O) groups excluding carboxylic acids is 5. The largest absolute Gasteiger partial charge is 0.489 e. The number of hydrogen-bond acceptors (Lipinski definition) is 7. The number of para-hydroxylation sites is 1. The fourth-order valence-corrected chi connectivity index (χ4v) is 7.72. The molecule has 6 aromatic rings. The predicted octanol–water partition coefficient (Wildman–Crippen LogP) is 4.71. The minimum atomic E-state index is -1.25. The van der Waals surface area contributed by atoms with Gasteiger partial charge in [-0.2, -0.15) is 0 Å². The number of aromatic amines is 1. The summed E-state index contributed by atoms with van der Waals surface area (Å²) in [6, 6.07) is 36.7. The average molecular weight is 848 g/mol. The van der Waals surface area contributed by atoms with Crippen molar-refractivity contribution >= 4 is 40.4 Å². The van der Waals surface area contributed by atoms with Crippen LogP contribution in [0.4, 0.5) is 0 Å². The van der Waals surface area contributed by atoms with Crippen LogP contribution in [0, 0.1) is 0 Å². The third-order valence-electron chi connectivity index (χ3n) is 11.2. The number of aromatic nitrogens is 1. The molecule has 7 rings (SSSR count). The summed E-state index contributed by atoms with van der Waals surface area (Å²) in [5.74, 6) is -2.48. The Hall–Kier alpha value is -7.25. The van der Waals surface area contributed by atoms with Crippen molar-refractivity contribution in [3.8, 4) is 5.75 Å². The highest BCUT2D eigenvalue weighted by atomic mass is 16.5. The van der Waals surface area contributed by atoms with Crippen LogP contribution in [-0.4, -0.2) is 65.2 Å². The number of fused-ring (bicyclic) bond motifs is 1. The number of hydrogen-bond donors (Lipinski definition) is 7. The van der Waals surface area contributed by atoms with Gasteiger partial charge in [-0.3, -0.25) is 24.0 Å². The van der Waals surface area contributed by atoms with E-state index in [2.05, 4.69) is 31.6 Å². The van der Waals surface area contributed by atoms with Crippen molar-refractivity contribution in [3.63, 3.8) is 0 Å². The maximum absolute atomic E-state index is 14.5. The zero-order valence-electron chi connectivity index (χ0n) is 34.9. The van der Waals surface area contributed by atoms with E-state index in [0.717, 1.165) is 27.6 Å². The van der Waals surface area contributed by atoms with E-state index >= 15 is 0 Å². The lowest BCUT2D eigenvalue weighted by Crippen LogP contribution is -2.58. The molecule has 0 radical (unpaired) electrons. The number of benzene rings is 5. The summed E-state index contributed by atoms with van der Waals surface area (Å²) in [5, 5.41) is 15.4. The smallest absolute Gasteiger partial charge is 0.247 e. The molecule has 1 fully saturated rings. The molecule has 2 heterocycles. The van der Waals surface area contributed by atoms with Crippen LogP contribution in [0.15, 0.2) is 146 Å². The van der Waals surface area contributed by atoms with Gasteiger partial charge in [0.15, 0.2) is 0 Å². The Kier molecular flexibility index (Phi) is 15.0. The highest BCUT2D eigenvalue weighted by molar-refractivity contribution is 5.98. The van der Waals surface area contributed by atoms with Crippen molar-refractivity contribution in [2.24, 2.45) is 5.73 Å². The fraction of sp³-hybridized carbons (Fsp3) is 0.260. The van der Waals surface area contributed by atoms with Gasteiger partial charge in [0.25, 0.3) is 0 Å². The zero-order valence-corrected chi connectivity index (χ0v) is 34.9. The van der Waals surface area contributed by atoms with Crippen LogP contribution < -0.4 is 37.1 Å². The lowest BCUT2D eigenvalue weighted by Gasteiger charge is -2.26. The van der Waals surface area contributed by atoms with Crippen LogP contribution in [0.1, 0.15) is 53.1 Å². The summed E-state index contributed by atoms with van der Waals surface area (Å²) in [5.41, 5.74) is 10.4. The van der Waals surface area contributed by atoms with E-state index < -0.39 is 59.7 Å².